The average Bonchev–Trinajstić information content (AvgIpc) is 2.94. The minimum atomic E-state index is -0.808. The van der Waals surface area contributed by atoms with Gasteiger partial charge in [-0.3, -0.25) is 9.48 Å². The Hall–Kier alpha value is -1.40. The van der Waals surface area contributed by atoms with Crippen molar-refractivity contribution in [3.63, 3.8) is 0 Å². The second-order valence-corrected chi connectivity index (χ2v) is 4.05. The average molecular weight is 240 g/mol. The number of nitrogens with zero attached hydrogens (tertiary/aromatic N) is 2. The van der Waals surface area contributed by atoms with Crippen molar-refractivity contribution in [1.29, 1.82) is 0 Å². The summed E-state index contributed by atoms with van der Waals surface area (Å²) in [5, 5.41) is 13.2. The van der Waals surface area contributed by atoms with E-state index in [-0.39, 0.29) is 6.10 Å². The van der Waals surface area contributed by atoms with E-state index >= 15 is 0 Å². The number of aliphatic carboxylic acids is 1. The molecule has 0 radical (unpaired) electrons. The monoisotopic (exact) mass is 240 g/mol. The van der Waals surface area contributed by atoms with Crippen LogP contribution in [0.5, 0.6) is 0 Å². The Morgan fingerprint density at radius 2 is 2.59 bits per heavy atom. The normalized spacial score (nSPS) is 24.1. The van der Waals surface area contributed by atoms with Crippen molar-refractivity contribution < 1.29 is 19.4 Å². The van der Waals surface area contributed by atoms with Crippen LogP contribution in [0.25, 0.3) is 0 Å². The van der Waals surface area contributed by atoms with Crippen LogP contribution in [-0.4, -0.2) is 41.2 Å². The highest BCUT2D eigenvalue weighted by molar-refractivity contribution is 5.71. The van der Waals surface area contributed by atoms with E-state index in [0.717, 1.165) is 5.56 Å². The number of carboxylic acids is 1. The van der Waals surface area contributed by atoms with Crippen molar-refractivity contribution in [3.05, 3.63) is 18.0 Å². The molecule has 0 spiro atoms. The zero-order chi connectivity index (χ0) is 12.3. The van der Waals surface area contributed by atoms with Crippen LogP contribution in [-0.2, 0) is 20.8 Å². The van der Waals surface area contributed by atoms with E-state index < -0.39 is 11.9 Å². The number of carbonyl (C=O) groups is 1. The molecule has 1 aromatic heterocycles. The van der Waals surface area contributed by atoms with Gasteiger partial charge in [0, 0.05) is 25.5 Å². The van der Waals surface area contributed by atoms with Crippen LogP contribution in [0.1, 0.15) is 18.1 Å². The number of aromatic nitrogens is 2. The number of hydrogen-bond acceptors (Lipinski definition) is 4. The van der Waals surface area contributed by atoms with Crippen molar-refractivity contribution >= 4 is 5.97 Å². The van der Waals surface area contributed by atoms with Crippen molar-refractivity contribution in [1.82, 2.24) is 9.78 Å². The standard InChI is InChI=1S/C11H16N2O4/c1-16-5-3-13-7-8(6-12-13)10-9(11(14)15)2-4-17-10/h6-7,9-10H,2-5H2,1H3,(H,14,15)/t9-,10-/m0/s1. The zero-order valence-electron chi connectivity index (χ0n) is 9.70. The summed E-state index contributed by atoms with van der Waals surface area (Å²) in [4.78, 5) is 11.0. The molecule has 0 bridgehead atoms. The topological polar surface area (TPSA) is 73.6 Å². The smallest absolute Gasteiger partial charge is 0.309 e. The Bertz CT molecular complexity index is 391. The van der Waals surface area contributed by atoms with Crippen molar-refractivity contribution in [2.75, 3.05) is 20.3 Å². The minimum absolute atomic E-state index is 0.371. The lowest BCUT2D eigenvalue weighted by molar-refractivity contribution is -0.143. The predicted octanol–water partition coefficient (Wildman–Crippen LogP) is 0.692. The molecule has 1 aliphatic heterocycles. The second-order valence-electron chi connectivity index (χ2n) is 4.05. The summed E-state index contributed by atoms with van der Waals surface area (Å²) < 4.78 is 12.2. The molecule has 1 N–H and O–H groups in total. The van der Waals surface area contributed by atoms with Gasteiger partial charge in [0.2, 0.25) is 0 Å². The fraction of sp³-hybridized carbons (Fsp3) is 0.636. The maximum atomic E-state index is 11.0. The first-order valence-corrected chi connectivity index (χ1v) is 5.58. The number of hydrogen-bond donors (Lipinski definition) is 1. The van der Waals surface area contributed by atoms with E-state index in [2.05, 4.69) is 5.10 Å². The van der Waals surface area contributed by atoms with Gasteiger partial charge in [0.15, 0.2) is 0 Å². The Kier molecular flexibility index (Phi) is 3.75. The Morgan fingerprint density at radius 1 is 1.76 bits per heavy atom. The van der Waals surface area contributed by atoms with Crippen molar-refractivity contribution in [2.45, 2.75) is 19.1 Å². The number of rotatable bonds is 5. The molecule has 1 saturated heterocycles. The number of ether oxygens (including phenoxy) is 2. The quantitative estimate of drug-likeness (QED) is 0.819. The van der Waals surface area contributed by atoms with Crippen LogP contribution in [0.4, 0.5) is 0 Å². The summed E-state index contributed by atoms with van der Waals surface area (Å²) >= 11 is 0. The molecule has 94 valence electrons. The first kappa shape index (κ1) is 12.1. The highest BCUT2D eigenvalue weighted by atomic mass is 16.5. The zero-order valence-corrected chi connectivity index (χ0v) is 9.70. The fourth-order valence-corrected chi connectivity index (χ4v) is 2.00. The Labute approximate surface area is 99.1 Å². The minimum Gasteiger partial charge on any atom is -0.481 e. The molecular formula is C11H16N2O4. The van der Waals surface area contributed by atoms with Gasteiger partial charge in [0.25, 0.3) is 0 Å². The highest BCUT2D eigenvalue weighted by Gasteiger charge is 2.35. The van der Waals surface area contributed by atoms with Crippen LogP contribution in [0.3, 0.4) is 0 Å². The molecule has 0 aromatic carbocycles. The van der Waals surface area contributed by atoms with E-state index in [1.54, 1.807) is 18.0 Å². The molecule has 1 aliphatic rings. The van der Waals surface area contributed by atoms with E-state index in [1.807, 2.05) is 6.20 Å². The van der Waals surface area contributed by atoms with Crippen LogP contribution >= 0.6 is 0 Å². The molecule has 6 nitrogen and oxygen atoms in total. The van der Waals surface area contributed by atoms with Gasteiger partial charge in [0.05, 0.1) is 31.4 Å². The van der Waals surface area contributed by atoms with E-state index in [1.165, 1.54) is 0 Å². The third-order valence-corrected chi connectivity index (χ3v) is 2.92. The van der Waals surface area contributed by atoms with Gasteiger partial charge in [-0.05, 0) is 6.42 Å². The van der Waals surface area contributed by atoms with Gasteiger partial charge in [-0.1, -0.05) is 0 Å². The molecule has 0 unspecified atom stereocenters. The Balaban J connectivity index is 2.06. The van der Waals surface area contributed by atoms with E-state index in [4.69, 9.17) is 14.6 Å². The van der Waals surface area contributed by atoms with Gasteiger partial charge in [-0.2, -0.15) is 5.10 Å². The summed E-state index contributed by atoms with van der Waals surface area (Å²) in [6.07, 6.45) is 3.68. The summed E-state index contributed by atoms with van der Waals surface area (Å²) in [6.45, 7) is 1.72. The lowest BCUT2D eigenvalue weighted by atomic mass is 9.98. The molecule has 1 fully saturated rings. The van der Waals surface area contributed by atoms with Crippen molar-refractivity contribution in [3.8, 4) is 0 Å². The van der Waals surface area contributed by atoms with Gasteiger partial charge in [-0.25, -0.2) is 0 Å². The summed E-state index contributed by atoms with van der Waals surface area (Å²) in [7, 11) is 1.63. The fourth-order valence-electron chi connectivity index (χ4n) is 2.00. The maximum absolute atomic E-state index is 11.0. The molecule has 17 heavy (non-hydrogen) atoms. The molecule has 0 aliphatic carbocycles. The van der Waals surface area contributed by atoms with Gasteiger partial charge in [0.1, 0.15) is 0 Å². The summed E-state index contributed by atoms with van der Waals surface area (Å²) in [5.74, 6) is -1.27. The Morgan fingerprint density at radius 3 is 3.29 bits per heavy atom. The third-order valence-electron chi connectivity index (χ3n) is 2.92. The predicted molar refractivity (Wildman–Crippen MR) is 58.5 cm³/mol. The highest BCUT2D eigenvalue weighted by Crippen LogP contribution is 2.34. The van der Waals surface area contributed by atoms with E-state index in [0.29, 0.717) is 26.2 Å². The molecule has 2 atom stereocenters. The molecular weight excluding hydrogens is 224 g/mol. The van der Waals surface area contributed by atoms with Crippen molar-refractivity contribution in [2.24, 2.45) is 5.92 Å². The third kappa shape index (κ3) is 2.65. The number of methoxy groups -OCH3 is 1. The van der Waals surface area contributed by atoms with Gasteiger partial charge >= 0.3 is 5.97 Å². The molecule has 0 amide bonds. The molecule has 6 heteroatoms. The maximum Gasteiger partial charge on any atom is 0.309 e. The van der Waals surface area contributed by atoms with Crippen LogP contribution in [0.2, 0.25) is 0 Å². The van der Waals surface area contributed by atoms with Gasteiger partial charge < -0.3 is 14.6 Å². The van der Waals surface area contributed by atoms with E-state index in [9.17, 15) is 4.79 Å². The summed E-state index contributed by atoms with van der Waals surface area (Å²) in [6, 6.07) is 0. The lowest BCUT2D eigenvalue weighted by Crippen LogP contribution is -2.17. The molecule has 2 heterocycles. The summed E-state index contributed by atoms with van der Waals surface area (Å²) in [5.41, 5.74) is 0.825. The van der Waals surface area contributed by atoms with Crippen LogP contribution < -0.4 is 0 Å². The SMILES string of the molecule is COCCn1cc([C@@H]2OCC[C@@H]2C(=O)O)cn1. The first-order chi connectivity index (χ1) is 8.22. The van der Waals surface area contributed by atoms with Gasteiger partial charge in [-0.15, -0.1) is 0 Å². The first-order valence-electron chi connectivity index (χ1n) is 5.58. The largest absolute Gasteiger partial charge is 0.481 e. The van der Waals surface area contributed by atoms with Crippen LogP contribution in [0.15, 0.2) is 12.4 Å². The second kappa shape index (κ2) is 5.29. The molecule has 0 saturated carbocycles. The van der Waals surface area contributed by atoms with Crippen LogP contribution in [0, 0.1) is 5.92 Å². The number of carboxylic acid groups (broad SMARTS) is 1. The molecule has 1 aromatic rings. The lowest BCUT2D eigenvalue weighted by Gasteiger charge is -2.12. The molecule has 2 rings (SSSR count).